The Bertz CT molecular complexity index is 1680. The summed E-state index contributed by atoms with van der Waals surface area (Å²) in [5, 5.41) is 3.43. The molecule has 0 saturated carbocycles. The Labute approximate surface area is 229 Å². The minimum Gasteiger partial charge on any atom is -0.484 e. The lowest BCUT2D eigenvalue weighted by molar-refractivity contribution is 0.0383. The number of rotatable bonds is 5. The van der Waals surface area contributed by atoms with Crippen LogP contribution in [-0.2, 0) is 4.74 Å². The second-order valence-corrected chi connectivity index (χ2v) is 10.3. The van der Waals surface area contributed by atoms with Crippen LogP contribution < -0.4 is 19.5 Å². The van der Waals surface area contributed by atoms with Crippen LogP contribution in [-0.4, -0.2) is 52.5 Å². The van der Waals surface area contributed by atoms with Crippen molar-refractivity contribution in [1.29, 1.82) is 0 Å². The van der Waals surface area contributed by atoms with Crippen LogP contribution in [0.5, 0.6) is 17.4 Å². The molecular formula is C26H20BrN5O5S. The average Bonchev–Trinajstić information content (AvgIpc) is 3.37. The van der Waals surface area contributed by atoms with Gasteiger partial charge in [-0.2, -0.15) is 0 Å². The molecule has 4 heterocycles. The summed E-state index contributed by atoms with van der Waals surface area (Å²) in [6.07, 6.45) is 2.08. The Hall–Kier alpha value is -4.03. The molecule has 1 N–H and O–H groups in total. The molecule has 0 radical (unpaired) electrons. The summed E-state index contributed by atoms with van der Waals surface area (Å²) in [6.45, 7) is 2.26. The van der Waals surface area contributed by atoms with Crippen molar-refractivity contribution in [1.82, 2.24) is 19.9 Å². The number of aryl methyl sites for hydroxylation is 1. The fourth-order valence-corrected chi connectivity index (χ4v) is 5.36. The second-order valence-electron chi connectivity index (χ2n) is 8.50. The second kappa shape index (κ2) is 10.0. The lowest BCUT2D eigenvalue weighted by Crippen LogP contribution is -2.35. The number of methoxy groups -OCH3 is 1. The third kappa shape index (κ3) is 4.79. The predicted molar refractivity (Wildman–Crippen MR) is 146 cm³/mol. The van der Waals surface area contributed by atoms with Crippen LogP contribution in [0.3, 0.4) is 0 Å². The van der Waals surface area contributed by atoms with E-state index in [4.69, 9.17) is 23.9 Å². The highest BCUT2D eigenvalue weighted by molar-refractivity contribution is 9.10. The SMILES string of the molecule is COc1cnc2c(-c3nc4ccc5c(c4s3)OC[C@H](COC(=O)Nc3ccc(Br)nc3)O5)cc(C)cc2n1. The van der Waals surface area contributed by atoms with Crippen molar-refractivity contribution in [2.45, 2.75) is 13.0 Å². The number of hydrogen-bond acceptors (Lipinski definition) is 10. The maximum absolute atomic E-state index is 12.2. The van der Waals surface area contributed by atoms with Gasteiger partial charge in [0.1, 0.15) is 27.5 Å². The maximum Gasteiger partial charge on any atom is 0.411 e. The van der Waals surface area contributed by atoms with Crippen LogP contribution in [0.1, 0.15) is 5.56 Å². The predicted octanol–water partition coefficient (Wildman–Crippen LogP) is 5.77. The van der Waals surface area contributed by atoms with E-state index in [1.54, 1.807) is 25.4 Å². The normalized spacial score (nSPS) is 14.4. The zero-order chi connectivity index (χ0) is 26.2. The molecule has 0 saturated heterocycles. The number of ether oxygens (including phenoxy) is 4. The van der Waals surface area contributed by atoms with Crippen molar-refractivity contribution in [2.75, 3.05) is 25.6 Å². The van der Waals surface area contributed by atoms with Crippen LogP contribution >= 0.6 is 27.3 Å². The molecular weight excluding hydrogens is 574 g/mol. The first-order valence-electron chi connectivity index (χ1n) is 11.6. The van der Waals surface area contributed by atoms with Crippen LogP contribution in [0.25, 0.3) is 31.8 Å². The Morgan fingerprint density at radius 2 is 2.05 bits per heavy atom. The highest BCUT2D eigenvalue weighted by Crippen LogP contribution is 2.44. The smallest absolute Gasteiger partial charge is 0.411 e. The highest BCUT2D eigenvalue weighted by Gasteiger charge is 2.26. The van der Waals surface area contributed by atoms with Gasteiger partial charge >= 0.3 is 6.09 Å². The van der Waals surface area contributed by atoms with Crippen LogP contribution in [0.2, 0.25) is 0 Å². The summed E-state index contributed by atoms with van der Waals surface area (Å²) in [5.74, 6) is 1.65. The summed E-state index contributed by atoms with van der Waals surface area (Å²) in [7, 11) is 1.57. The van der Waals surface area contributed by atoms with Gasteiger partial charge in [-0.05, 0) is 64.8 Å². The molecule has 192 valence electrons. The van der Waals surface area contributed by atoms with Gasteiger partial charge in [0.25, 0.3) is 0 Å². The molecule has 0 spiro atoms. The van der Waals surface area contributed by atoms with Crippen LogP contribution in [0.4, 0.5) is 10.5 Å². The van der Waals surface area contributed by atoms with Gasteiger partial charge < -0.3 is 18.9 Å². The number of amides is 1. The fourth-order valence-electron chi connectivity index (χ4n) is 4.05. The third-order valence-electron chi connectivity index (χ3n) is 5.77. The first kappa shape index (κ1) is 24.3. The number of nitrogens with zero attached hydrogens (tertiary/aromatic N) is 4. The van der Waals surface area contributed by atoms with Crippen molar-refractivity contribution >= 4 is 60.3 Å². The molecule has 2 aromatic carbocycles. The molecule has 12 heteroatoms. The lowest BCUT2D eigenvalue weighted by atomic mass is 10.1. The summed E-state index contributed by atoms with van der Waals surface area (Å²) >= 11 is 4.76. The number of nitrogens with one attached hydrogen (secondary N) is 1. The van der Waals surface area contributed by atoms with Crippen molar-refractivity contribution in [3.05, 3.63) is 59.0 Å². The molecule has 1 aliphatic rings. The molecule has 3 aromatic heterocycles. The van der Waals surface area contributed by atoms with E-state index in [9.17, 15) is 4.79 Å². The Kier molecular flexibility index (Phi) is 6.42. The number of benzene rings is 2. The third-order valence-corrected chi connectivity index (χ3v) is 7.34. The van der Waals surface area contributed by atoms with Gasteiger partial charge in [-0.3, -0.25) is 5.32 Å². The minimum atomic E-state index is -0.600. The van der Waals surface area contributed by atoms with Crippen molar-refractivity contribution in [3.8, 4) is 28.0 Å². The molecule has 6 rings (SSSR count). The Morgan fingerprint density at radius 1 is 1.16 bits per heavy atom. The van der Waals surface area contributed by atoms with Crippen molar-refractivity contribution in [2.24, 2.45) is 0 Å². The standard InChI is InChI=1S/C26H20BrN5O5S/c1-13-7-16(22-18(8-13)31-21(34-2)10-29-22)25-32-17-4-5-19-23(24(17)38-25)35-11-15(37-19)12-36-26(33)30-14-3-6-20(27)28-9-14/h3-10,15H,11-12H2,1-2H3,(H,30,33)/t15-/m1/s1. The fraction of sp³-hybridized carbons (Fsp3) is 0.192. The number of anilines is 1. The monoisotopic (exact) mass is 593 g/mol. The molecule has 1 amide bonds. The minimum absolute atomic E-state index is 0.0264. The highest BCUT2D eigenvalue weighted by atomic mass is 79.9. The molecule has 1 atom stereocenters. The molecule has 10 nitrogen and oxygen atoms in total. The zero-order valence-electron chi connectivity index (χ0n) is 20.2. The Balaban J connectivity index is 1.21. The molecule has 5 aromatic rings. The largest absolute Gasteiger partial charge is 0.484 e. The van der Waals surface area contributed by atoms with Crippen molar-refractivity contribution in [3.63, 3.8) is 0 Å². The van der Waals surface area contributed by atoms with E-state index < -0.39 is 12.2 Å². The van der Waals surface area contributed by atoms with Crippen LogP contribution in [0.15, 0.2) is 53.4 Å². The number of aromatic nitrogens is 4. The summed E-state index contributed by atoms with van der Waals surface area (Å²) in [4.78, 5) is 30.2. The quantitative estimate of drug-likeness (QED) is 0.253. The van der Waals surface area contributed by atoms with Gasteiger partial charge in [-0.15, -0.1) is 11.3 Å². The summed E-state index contributed by atoms with van der Waals surface area (Å²) < 4.78 is 24.3. The van der Waals surface area contributed by atoms with Gasteiger partial charge in [0.05, 0.1) is 41.7 Å². The number of fused-ring (bicyclic) bond motifs is 4. The topological polar surface area (TPSA) is 118 Å². The number of halogens is 1. The number of carbonyl (C=O) groups is 1. The molecule has 0 unspecified atom stereocenters. The van der Waals surface area contributed by atoms with E-state index in [1.165, 1.54) is 17.5 Å². The number of hydrogen-bond donors (Lipinski definition) is 1. The molecule has 0 fully saturated rings. The van der Waals surface area contributed by atoms with Crippen LogP contribution in [0, 0.1) is 6.92 Å². The number of carbonyl (C=O) groups excluding carboxylic acids is 1. The number of thiazole rings is 1. The van der Waals surface area contributed by atoms with Gasteiger partial charge in [0, 0.05) is 5.56 Å². The molecule has 1 aliphatic heterocycles. The van der Waals surface area contributed by atoms with Gasteiger partial charge in [-0.25, -0.2) is 24.7 Å². The van der Waals surface area contributed by atoms with Gasteiger partial charge in [-0.1, -0.05) is 0 Å². The van der Waals surface area contributed by atoms with Crippen molar-refractivity contribution < 1.29 is 23.7 Å². The first-order chi connectivity index (χ1) is 18.5. The van der Waals surface area contributed by atoms with E-state index in [0.717, 1.165) is 37.4 Å². The Morgan fingerprint density at radius 3 is 2.87 bits per heavy atom. The number of pyridine rings is 1. The zero-order valence-corrected chi connectivity index (χ0v) is 22.6. The summed E-state index contributed by atoms with van der Waals surface area (Å²) in [5.41, 5.74) is 4.73. The van der Waals surface area contributed by atoms with Gasteiger partial charge in [0.15, 0.2) is 17.6 Å². The van der Waals surface area contributed by atoms with E-state index in [0.29, 0.717) is 27.7 Å². The van der Waals surface area contributed by atoms with E-state index in [-0.39, 0.29) is 13.2 Å². The molecule has 0 bridgehead atoms. The van der Waals surface area contributed by atoms with E-state index in [2.05, 4.69) is 36.2 Å². The van der Waals surface area contributed by atoms with E-state index >= 15 is 0 Å². The average molecular weight is 594 g/mol. The molecule has 38 heavy (non-hydrogen) atoms. The first-order valence-corrected chi connectivity index (χ1v) is 13.2. The summed E-state index contributed by atoms with van der Waals surface area (Å²) in [6, 6.07) is 11.2. The lowest BCUT2D eigenvalue weighted by Gasteiger charge is -2.26. The van der Waals surface area contributed by atoms with Gasteiger partial charge in [0.2, 0.25) is 5.88 Å². The molecule has 0 aliphatic carbocycles. The maximum atomic E-state index is 12.2. The van der Waals surface area contributed by atoms with E-state index in [1.807, 2.05) is 31.2 Å².